The minimum Gasteiger partial charge on any atom is -0.480 e. The van der Waals surface area contributed by atoms with Gasteiger partial charge in [-0.15, -0.1) is 0 Å². The molecule has 5 nitrogen and oxygen atoms in total. The van der Waals surface area contributed by atoms with E-state index in [4.69, 9.17) is 5.11 Å². The average Bonchev–Trinajstić information content (AvgIpc) is 2.34. The molecule has 0 spiro atoms. The molecular formula is C13H17BrN2O3. The fourth-order valence-electron chi connectivity index (χ4n) is 1.61. The van der Waals surface area contributed by atoms with Crippen molar-refractivity contribution in [3.63, 3.8) is 0 Å². The quantitative estimate of drug-likeness (QED) is 0.742. The van der Waals surface area contributed by atoms with Gasteiger partial charge >= 0.3 is 5.97 Å². The molecule has 0 aliphatic carbocycles. The van der Waals surface area contributed by atoms with Crippen molar-refractivity contribution in [3.05, 3.63) is 34.3 Å². The first-order valence-electron chi connectivity index (χ1n) is 5.89. The van der Waals surface area contributed by atoms with Crippen molar-refractivity contribution in [2.24, 2.45) is 0 Å². The van der Waals surface area contributed by atoms with Crippen molar-refractivity contribution in [1.29, 1.82) is 0 Å². The maximum Gasteiger partial charge on any atom is 0.327 e. The number of hydrogen-bond acceptors (Lipinski definition) is 3. The molecule has 3 N–H and O–H groups in total. The van der Waals surface area contributed by atoms with Gasteiger partial charge in [0.2, 0.25) is 5.91 Å². The third-order valence-corrected chi connectivity index (χ3v) is 3.20. The molecule has 1 aromatic rings. The summed E-state index contributed by atoms with van der Waals surface area (Å²) in [5, 5.41) is 14.5. The Morgan fingerprint density at radius 1 is 1.32 bits per heavy atom. The Kier molecular flexibility index (Phi) is 5.98. The van der Waals surface area contributed by atoms with Crippen LogP contribution in [-0.2, 0) is 9.59 Å². The van der Waals surface area contributed by atoms with Crippen molar-refractivity contribution in [1.82, 2.24) is 10.6 Å². The topological polar surface area (TPSA) is 78.4 Å². The van der Waals surface area contributed by atoms with Crippen LogP contribution in [-0.4, -0.2) is 29.6 Å². The van der Waals surface area contributed by atoms with E-state index in [2.05, 4.69) is 26.6 Å². The van der Waals surface area contributed by atoms with Crippen molar-refractivity contribution in [2.45, 2.75) is 25.9 Å². The van der Waals surface area contributed by atoms with E-state index in [9.17, 15) is 9.59 Å². The highest BCUT2D eigenvalue weighted by molar-refractivity contribution is 9.10. The molecule has 0 radical (unpaired) electrons. The van der Waals surface area contributed by atoms with Gasteiger partial charge in [-0.3, -0.25) is 4.79 Å². The van der Waals surface area contributed by atoms with Crippen LogP contribution < -0.4 is 10.6 Å². The van der Waals surface area contributed by atoms with Crippen LogP contribution in [0.5, 0.6) is 0 Å². The summed E-state index contributed by atoms with van der Waals surface area (Å²) in [6.45, 7) is 3.41. The number of carboxylic acid groups (broad SMARTS) is 1. The van der Waals surface area contributed by atoms with E-state index in [1.165, 1.54) is 6.92 Å². The number of carboxylic acids is 1. The lowest BCUT2D eigenvalue weighted by Crippen LogP contribution is -2.46. The van der Waals surface area contributed by atoms with E-state index in [1.54, 1.807) is 0 Å². The Balaban J connectivity index is 2.56. The minimum absolute atomic E-state index is 0.00343. The molecule has 0 aromatic heterocycles. The van der Waals surface area contributed by atoms with Crippen LogP contribution in [0.15, 0.2) is 28.7 Å². The predicted molar refractivity (Wildman–Crippen MR) is 75.8 cm³/mol. The first-order chi connectivity index (χ1) is 8.90. The van der Waals surface area contributed by atoms with Gasteiger partial charge in [0.1, 0.15) is 6.04 Å². The Bertz CT molecular complexity index is 448. The summed E-state index contributed by atoms with van der Waals surface area (Å²) in [5.41, 5.74) is 1.05. The predicted octanol–water partition coefficient (Wildman–Crippen LogP) is 1.69. The SMILES string of the molecule is CC(=O)NC(CN[C@@H](C)c1ccc(Br)cc1)C(=O)O. The lowest BCUT2D eigenvalue weighted by molar-refractivity contribution is -0.141. The van der Waals surface area contributed by atoms with Crippen molar-refractivity contribution < 1.29 is 14.7 Å². The standard InChI is InChI=1S/C13H17BrN2O3/c1-8(10-3-5-11(14)6-4-10)15-7-12(13(18)19)16-9(2)17/h3-6,8,12,15H,7H2,1-2H3,(H,16,17)(H,18,19)/t8-,12?/m0/s1. The number of hydrogen-bond donors (Lipinski definition) is 3. The van der Waals surface area contributed by atoms with Gasteiger partial charge in [0, 0.05) is 24.0 Å². The van der Waals surface area contributed by atoms with Gasteiger partial charge in [-0.05, 0) is 24.6 Å². The van der Waals surface area contributed by atoms with Gasteiger partial charge in [0.15, 0.2) is 0 Å². The van der Waals surface area contributed by atoms with Crippen LogP contribution in [0.1, 0.15) is 25.5 Å². The second kappa shape index (κ2) is 7.25. The molecule has 0 fully saturated rings. The first kappa shape index (κ1) is 15.7. The molecule has 0 aliphatic heterocycles. The molecule has 104 valence electrons. The van der Waals surface area contributed by atoms with Crippen molar-refractivity contribution in [2.75, 3.05) is 6.54 Å². The van der Waals surface area contributed by atoms with Gasteiger partial charge in [0.25, 0.3) is 0 Å². The maximum atomic E-state index is 11.0. The largest absolute Gasteiger partial charge is 0.480 e. The molecule has 1 rings (SSSR count). The molecule has 6 heteroatoms. The number of carbonyl (C=O) groups is 2. The third kappa shape index (κ3) is 5.40. The van der Waals surface area contributed by atoms with Crippen LogP contribution in [0.25, 0.3) is 0 Å². The second-order valence-corrected chi connectivity index (χ2v) is 5.19. The molecule has 0 saturated carbocycles. The number of carbonyl (C=O) groups excluding carboxylic acids is 1. The van der Waals surface area contributed by atoms with Gasteiger partial charge < -0.3 is 15.7 Å². The number of nitrogens with one attached hydrogen (secondary N) is 2. The summed E-state index contributed by atoms with van der Waals surface area (Å²) in [4.78, 5) is 21.9. The zero-order chi connectivity index (χ0) is 14.4. The van der Waals surface area contributed by atoms with E-state index in [0.29, 0.717) is 0 Å². The molecule has 0 aliphatic rings. The molecule has 0 heterocycles. The molecular weight excluding hydrogens is 312 g/mol. The van der Waals surface area contributed by atoms with Crippen LogP contribution in [0.2, 0.25) is 0 Å². The van der Waals surface area contributed by atoms with E-state index in [0.717, 1.165) is 10.0 Å². The third-order valence-electron chi connectivity index (χ3n) is 2.67. The minimum atomic E-state index is -1.05. The average molecular weight is 329 g/mol. The van der Waals surface area contributed by atoms with Gasteiger partial charge in [-0.25, -0.2) is 4.79 Å². The van der Waals surface area contributed by atoms with Crippen molar-refractivity contribution >= 4 is 27.8 Å². The van der Waals surface area contributed by atoms with Gasteiger partial charge in [-0.2, -0.15) is 0 Å². The first-order valence-corrected chi connectivity index (χ1v) is 6.68. The number of rotatable bonds is 6. The summed E-state index contributed by atoms with van der Waals surface area (Å²) in [7, 11) is 0. The Morgan fingerprint density at radius 3 is 2.37 bits per heavy atom. The second-order valence-electron chi connectivity index (χ2n) is 4.27. The zero-order valence-electron chi connectivity index (χ0n) is 10.8. The van der Waals surface area contributed by atoms with Crippen molar-refractivity contribution in [3.8, 4) is 0 Å². The number of halogens is 1. The number of aliphatic carboxylic acids is 1. The Labute approximate surface area is 120 Å². The van der Waals surface area contributed by atoms with Crippen LogP contribution in [0.4, 0.5) is 0 Å². The van der Waals surface area contributed by atoms with E-state index in [-0.39, 0.29) is 18.5 Å². The summed E-state index contributed by atoms with van der Waals surface area (Å²) in [6.07, 6.45) is 0. The van der Waals surface area contributed by atoms with Crippen LogP contribution >= 0.6 is 15.9 Å². The van der Waals surface area contributed by atoms with Crippen LogP contribution in [0, 0.1) is 0 Å². The Morgan fingerprint density at radius 2 is 1.89 bits per heavy atom. The highest BCUT2D eigenvalue weighted by Gasteiger charge is 2.19. The number of benzene rings is 1. The smallest absolute Gasteiger partial charge is 0.327 e. The molecule has 0 saturated heterocycles. The lowest BCUT2D eigenvalue weighted by Gasteiger charge is -2.18. The molecule has 0 bridgehead atoms. The number of amides is 1. The molecule has 2 atom stereocenters. The monoisotopic (exact) mass is 328 g/mol. The summed E-state index contributed by atoms with van der Waals surface area (Å²) in [6, 6.07) is 6.84. The molecule has 19 heavy (non-hydrogen) atoms. The van der Waals surface area contributed by atoms with E-state index < -0.39 is 12.0 Å². The van der Waals surface area contributed by atoms with E-state index in [1.807, 2.05) is 31.2 Å². The van der Waals surface area contributed by atoms with Gasteiger partial charge in [0.05, 0.1) is 0 Å². The van der Waals surface area contributed by atoms with E-state index >= 15 is 0 Å². The summed E-state index contributed by atoms with van der Waals surface area (Å²) >= 11 is 3.36. The fourth-order valence-corrected chi connectivity index (χ4v) is 1.87. The van der Waals surface area contributed by atoms with Gasteiger partial charge in [-0.1, -0.05) is 28.1 Å². The molecule has 1 aromatic carbocycles. The zero-order valence-corrected chi connectivity index (χ0v) is 12.4. The lowest BCUT2D eigenvalue weighted by atomic mass is 10.1. The molecule has 1 unspecified atom stereocenters. The normalized spacial score (nSPS) is 13.6. The summed E-state index contributed by atoms with van der Waals surface area (Å²) < 4.78 is 0.991. The highest BCUT2D eigenvalue weighted by Crippen LogP contribution is 2.16. The highest BCUT2D eigenvalue weighted by atomic mass is 79.9. The van der Waals surface area contributed by atoms with Crippen LogP contribution in [0.3, 0.4) is 0 Å². The molecule has 1 amide bonds. The fraction of sp³-hybridized carbons (Fsp3) is 0.385. The maximum absolute atomic E-state index is 11.0. The Hall–Kier alpha value is -1.40. The summed E-state index contributed by atoms with van der Waals surface area (Å²) in [5.74, 6) is -1.41.